The first-order chi connectivity index (χ1) is 13.4. The van der Waals surface area contributed by atoms with Crippen molar-refractivity contribution in [3.05, 3.63) is 52.8 Å². The van der Waals surface area contributed by atoms with Gasteiger partial charge in [-0.05, 0) is 49.2 Å². The molecule has 0 heterocycles. The van der Waals surface area contributed by atoms with E-state index >= 15 is 0 Å². The molecule has 2 aromatic carbocycles. The van der Waals surface area contributed by atoms with Gasteiger partial charge in [-0.15, -0.1) is 0 Å². The van der Waals surface area contributed by atoms with Crippen LogP contribution in [0.1, 0.15) is 25.0 Å². The van der Waals surface area contributed by atoms with Crippen molar-refractivity contribution in [2.45, 2.75) is 37.5 Å². The molecule has 0 fully saturated rings. The summed E-state index contributed by atoms with van der Waals surface area (Å²) in [4.78, 5) is -1.24. The van der Waals surface area contributed by atoms with E-state index in [0.717, 1.165) is 6.07 Å². The van der Waals surface area contributed by atoms with Gasteiger partial charge in [0.2, 0.25) is 10.0 Å². The highest BCUT2D eigenvalue weighted by Crippen LogP contribution is 2.29. The van der Waals surface area contributed by atoms with Gasteiger partial charge in [0.05, 0.1) is 10.6 Å². The molecule has 0 saturated carbocycles. The number of rotatable bonds is 7. The van der Waals surface area contributed by atoms with Crippen molar-refractivity contribution in [1.82, 2.24) is 4.31 Å². The number of hydrogen-bond donors (Lipinski definition) is 1. The maximum absolute atomic E-state index is 14.0. The Kier molecular flexibility index (Phi) is 6.65. The second kappa shape index (κ2) is 8.33. The summed E-state index contributed by atoms with van der Waals surface area (Å²) in [6.07, 6.45) is 0. The number of hydrogen-bond acceptors (Lipinski definition) is 4. The van der Waals surface area contributed by atoms with Crippen molar-refractivity contribution in [3.63, 3.8) is 0 Å². The molecule has 0 spiro atoms. The summed E-state index contributed by atoms with van der Waals surface area (Å²) in [5.41, 5.74) is 0.761. The fraction of sp³-hybridized carbons (Fsp3) is 0.333. The van der Waals surface area contributed by atoms with Crippen LogP contribution in [0.25, 0.3) is 0 Å². The van der Waals surface area contributed by atoms with Crippen LogP contribution < -0.4 is 4.72 Å². The highest BCUT2D eigenvalue weighted by Gasteiger charge is 2.27. The van der Waals surface area contributed by atoms with E-state index < -0.39 is 42.4 Å². The SMILES string of the molecule is CCN(CC)S(=O)(=O)c1cc(C)c(C)c(NS(=O)(=O)c2ccc(F)c(F)c2F)c1. The third-order valence-electron chi connectivity index (χ3n) is 4.52. The van der Waals surface area contributed by atoms with Gasteiger partial charge in [-0.3, -0.25) is 4.72 Å². The molecule has 0 aromatic heterocycles. The first-order valence-corrected chi connectivity index (χ1v) is 11.6. The highest BCUT2D eigenvalue weighted by molar-refractivity contribution is 7.92. The van der Waals surface area contributed by atoms with Crippen LogP contribution in [-0.2, 0) is 20.0 Å². The number of sulfonamides is 2. The molecule has 0 bridgehead atoms. The zero-order valence-electron chi connectivity index (χ0n) is 16.3. The van der Waals surface area contributed by atoms with Crippen LogP contribution in [0.5, 0.6) is 0 Å². The van der Waals surface area contributed by atoms with E-state index in [-0.39, 0.29) is 23.7 Å². The molecular formula is C18H21F3N2O4S2. The summed E-state index contributed by atoms with van der Waals surface area (Å²) in [6.45, 7) is 6.89. The molecule has 2 rings (SSSR count). The minimum Gasteiger partial charge on any atom is -0.279 e. The van der Waals surface area contributed by atoms with Crippen molar-refractivity contribution in [2.75, 3.05) is 17.8 Å². The number of anilines is 1. The first-order valence-electron chi connectivity index (χ1n) is 8.64. The maximum Gasteiger partial charge on any atom is 0.264 e. The van der Waals surface area contributed by atoms with Crippen LogP contribution in [0.3, 0.4) is 0 Å². The summed E-state index contributed by atoms with van der Waals surface area (Å²) < 4.78 is 94.5. The summed E-state index contributed by atoms with van der Waals surface area (Å²) >= 11 is 0. The number of aryl methyl sites for hydroxylation is 1. The Balaban J connectivity index is 2.59. The van der Waals surface area contributed by atoms with Crippen LogP contribution in [0.2, 0.25) is 0 Å². The van der Waals surface area contributed by atoms with E-state index in [9.17, 15) is 30.0 Å². The summed E-state index contributed by atoms with van der Waals surface area (Å²) in [7, 11) is -8.55. The van der Waals surface area contributed by atoms with Crippen molar-refractivity contribution in [3.8, 4) is 0 Å². The number of halogens is 3. The summed E-state index contributed by atoms with van der Waals surface area (Å²) in [5.74, 6) is -5.31. The lowest BCUT2D eigenvalue weighted by Gasteiger charge is -2.20. The Morgan fingerprint density at radius 3 is 2.07 bits per heavy atom. The van der Waals surface area contributed by atoms with Gasteiger partial charge in [0.25, 0.3) is 10.0 Å². The predicted octanol–water partition coefficient (Wildman–Crippen LogP) is 3.55. The van der Waals surface area contributed by atoms with Crippen LogP contribution in [0.4, 0.5) is 18.9 Å². The van der Waals surface area contributed by atoms with Gasteiger partial charge in [-0.25, -0.2) is 30.0 Å². The van der Waals surface area contributed by atoms with E-state index in [4.69, 9.17) is 0 Å². The number of nitrogens with one attached hydrogen (secondary N) is 1. The van der Waals surface area contributed by atoms with E-state index in [0.29, 0.717) is 23.3 Å². The van der Waals surface area contributed by atoms with E-state index in [1.54, 1.807) is 27.7 Å². The molecule has 160 valence electrons. The lowest BCUT2D eigenvalue weighted by molar-refractivity contribution is 0.432. The van der Waals surface area contributed by atoms with E-state index in [1.165, 1.54) is 10.4 Å². The predicted molar refractivity (Wildman–Crippen MR) is 103 cm³/mol. The van der Waals surface area contributed by atoms with Crippen molar-refractivity contribution >= 4 is 25.7 Å². The van der Waals surface area contributed by atoms with Gasteiger partial charge in [0, 0.05) is 13.1 Å². The van der Waals surface area contributed by atoms with E-state index in [2.05, 4.69) is 4.72 Å². The quantitative estimate of drug-likeness (QED) is 0.654. The molecule has 0 radical (unpaired) electrons. The third-order valence-corrected chi connectivity index (χ3v) is 7.93. The number of benzene rings is 2. The Hall–Kier alpha value is -2.11. The summed E-state index contributed by atoms with van der Waals surface area (Å²) in [5, 5.41) is 0. The maximum atomic E-state index is 14.0. The second-order valence-electron chi connectivity index (χ2n) is 6.28. The molecule has 11 heteroatoms. The van der Waals surface area contributed by atoms with Crippen LogP contribution in [0, 0.1) is 31.3 Å². The third kappa shape index (κ3) is 4.41. The molecular weight excluding hydrogens is 429 g/mol. The monoisotopic (exact) mass is 450 g/mol. The molecule has 0 saturated heterocycles. The van der Waals surface area contributed by atoms with Crippen molar-refractivity contribution < 1.29 is 30.0 Å². The first kappa shape index (κ1) is 23.2. The fourth-order valence-corrected chi connectivity index (χ4v) is 5.46. The van der Waals surface area contributed by atoms with Gasteiger partial charge in [0.15, 0.2) is 17.5 Å². The topological polar surface area (TPSA) is 83.6 Å². The number of nitrogens with zero attached hydrogens (tertiary/aromatic N) is 1. The molecule has 0 atom stereocenters. The molecule has 0 aliphatic heterocycles. The molecule has 0 aliphatic carbocycles. The van der Waals surface area contributed by atoms with Crippen molar-refractivity contribution in [2.24, 2.45) is 0 Å². The lowest BCUT2D eigenvalue weighted by Crippen LogP contribution is -2.30. The smallest absolute Gasteiger partial charge is 0.264 e. The standard InChI is InChI=1S/C18H21F3N2O4S2/c1-5-23(6-2)29(26,27)13-9-11(3)12(4)15(10-13)22-28(24,25)16-8-7-14(19)17(20)18(16)21/h7-10,22H,5-6H2,1-4H3. The van der Waals surface area contributed by atoms with E-state index in [1.807, 2.05) is 0 Å². The zero-order chi connectivity index (χ0) is 22.1. The van der Waals surface area contributed by atoms with Crippen LogP contribution in [0.15, 0.2) is 34.1 Å². The van der Waals surface area contributed by atoms with Gasteiger partial charge in [-0.1, -0.05) is 13.8 Å². The van der Waals surface area contributed by atoms with Crippen molar-refractivity contribution in [1.29, 1.82) is 0 Å². The summed E-state index contributed by atoms with van der Waals surface area (Å²) in [6, 6.07) is 3.60. The Bertz CT molecular complexity index is 1150. The molecule has 0 unspecified atom stereocenters. The van der Waals surface area contributed by atoms with Gasteiger partial charge >= 0.3 is 0 Å². The fourth-order valence-electron chi connectivity index (χ4n) is 2.71. The minimum atomic E-state index is -4.66. The minimum absolute atomic E-state index is 0.111. The molecule has 0 amide bonds. The molecule has 6 nitrogen and oxygen atoms in total. The Morgan fingerprint density at radius 2 is 1.52 bits per heavy atom. The van der Waals surface area contributed by atoms with Crippen LogP contribution in [-0.4, -0.2) is 34.2 Å². The van der Waals surface area contributed by atoms with Gasteiger partial charge in [0.1, 0.15) is 4.90 Å². The highest BCUT2D eigenvalue weighted by atomic mass is 32.2. The lowest BCUT2D eigenvalue weighted by atomic mass is 10.1. The van der Waals surface area contributed by atoms with Gasteiger partial charge in [-0.2, -0.15) is 4.31 Å². The molecule has 29 heavy (non-hydrogen) atoms. The molecule has 1 N–H and O–H groups in total. The molecule has 0 aliphatic rings. The average Bonchev–Trinajstić information content (AvgIpc) is 2.63. The van der Waals surface area contributed by atoms with Gasteiger partial charge < -0.3 is 0 Å². The second-order valence-corrected chi connectivity index (χ2v) is 9.87. The Morgan fingerprint density at radius 1 is 0.931 bits per heavy atom. The molecule has 2 aromatic rings. The Labute approximate surface area is 168 Å². The zero-order valence-corrected chi connectivity index (χ0v) is 17.9. The normalized spacial score (nSPS) is 12.4. The van der Waals surface area contributed by atoms with Crippen LogP contribution >= 0.6 is 0 Å². The largest absolute Gasteiger partial charge is 0.279 e. The average molecular weight is 451 g/mol.